The third kappa shape index (κ3) is 4.25. The van der Waals surface area contributed by atoms with Gasteiger partial charge < -0.3 is 15.7 Å². The van der Waals surface area contributed by atoms with Gasteiger partial charge in [-0.2, -0.15) is 11.3 Å². The fourth-order valence-corrected chi connectivity index (χ4v) is 4.06. The summed E-state index contributed by atoms with van der Waals surface area (Å²) < 4.78 is 0. The molecule has 0 spiro atoms. The van der Waals surface area contributed by atoms with Gasteiger partial charge in [-0.3, -0.25) is 19.7 Å². The minimum absolute atomic E-state index is 0.126. The van der Waals surface area contributed by atoms with Gasteiger partial charge in [0.2, 0.25) is 0 Å². The highest BCUT2D eigenvalue weighted by Gasteiger charge is 2.34. The number of carbonyl (C=O) groups is 2. The topological polar surface area (TPSA) is 122 Å². The maximum atomic E-state index is 12.2. The van der Waals surface area contributed by atoms with Crippen molar-refractivity contribution < 1.29 is 19.6 Å². The first-order valence-corrected chi connectivity index (χ1v) is 9.85. The molecule has 0 bridgehead atoms. The number of non-ortho nitro benzene ring substituents is 1. The molecule has 3 aromatic rings. The lowest BCUT2D eigenvalue weighted by Gasteiger charge is -2.26. The van der Waals surface area contributed by atoms with Crippen LogP contribution >= 0.6 is 22.7 Å². The number of rotatable bonds is 6. The molecule has 0 radical (unpaired) electrons. The zero-order chi connectivity index (χ0) is 20.1. The molecule has 0 aliphatic heterocycles. The van der Waals surface area contributed by atoms with Gasteiger partial charge in [-0.05, 0) is 40.4 Å². The Morgan fingerprint density at radius 2 is 1.86 bits per heavy atom. The second-order valence-electron chi connectivity index (χ2n) is 5.79. The highest BCUT2D eigenvalue weighted by atomic mass is 32.1. The Morgan fingerprint density at radius 1 is 1.11 bits per heavy atom. The van der Waals surface area contributed by atoms with E-state index in [1.54, 1.807) is 23.6 Å². The number of carbonyl (C=O) groups excluding carboxylic acids is 2. The number of nitro groups is 1. The summed E-state index contributed by atoms with van der Waals surface area (Å²) in [6.07, 6.45) is 0. The Morgan fingerprint density at radius 3 is 2.43 bits per heavy atom. The van der Waals surface area contributed by atoms with E-state index in [4.69, 9.17) is 0 Å². The van der Waals surface area contributed by atoms with E-state index in [0.29, 0.717) is 10.4 Å². The molecule has 1 aromatic carbocycles. The Kier molecular flexibility index (Phi) is 5.83. The van der Waals surface area contributed by atoms with Crippen LogP contribution in [0.4, 0.5) is 11.4 Å². The summed E-state index contributed by atoms with van der Waals surface area (Å²) in [5, 5.41) is 32.0. The van der Waals surface area contributed by atoms with Gasteiger partial charge >= 0.3 is 11.8 Å². The van der Waals surface area contributed by atoms with Gasteiger partial charge in [0, 0.05) is 28.3 Å². The summed E-state index contributed by atoms with van der Waals surface area (Å²) in [6, 6.07) is 10.4. The van der Waals surface area contributed by atoms with Crippen LogP contribution in [-0.4, -0.2) is 28.4 Å². The van der Waals surface area contributed by atoms with Crippen molar-refractivity contribution >= 4 is 45.9 Å². The lowest BCUT2D eigenvalue weighted by molar-refractivity contribution is -0.384. The van der Waals surface area contributed by atoms with E-state index in [0.717, 1.165) is 0 Å². The summed E-state index contributed by atoms with van der Waals surface area (Å²) in [6.45, 7) is -0.184. The van der Waals surface area contributed by atoms with Crippen molar-refractivity contribution in [2.75, 3.05) is 11.9 Å². The number of hydrogen-bond donors (Lipinski definition) is 3. The molecule has 28 heavy (non-hydrogen) atoms. The first-order valence-electron chi connectivity index (χ1n) is 8.03. The summed E-state index contributed by atoms with van der Waals surface area (Å²) in [5.41, 5.74) is -0.704. The minimum atomic E-state index is -1.45. The van der Waals surface area contributed by atoms with E-state index in [1.165, 1.54) is 46.9 Å². The molecule has 144 valence electrons. The van der Waals surface area contributed by atoms with E-state index < -0.39 is 22.3 Å². The van der Waals surface area contributed by atoms with Crippen LogP contribution in [0.2, 0.25) is 0 Å². The van der Waals surface area contributed by atoms with Crippen LogP contribution in [0.3, 0.4) is 0 Å². The normalized spacial score (nSPS) is 12.8. The molecule has 1 unspecified atom stereocenters. The van der Waals surface area contributed by atoms with Crippen molar-refractivity contribution in [2.45, 2.75) is 5.60 Å². The first-order chi connectivity index (χ1) is 13.4. The smallest absolute Gasteiger partial charge is 0.313 e. The van der Waals surface area contributed by atoms with Crippen LogP contribution in [0.5, 0.6) is 0 Å². The molecule has 2 aromatic heterocycles. The lowest BCUT2D eigenvalue weighted by atomic mass is 9.94. The van der Waals surface area contributed by atoms with Crippen molar-refractivity contribution in [2.24, 2.45) is 0 Å². The number of nitro benzene ring substituents is 1. The number of thiophene rings is 2. The number of nitrogens with one attached hydrogen (secondary N) is 2. The van der Waals surface area contributed by atoms with E-state index in [-0.39, 0.29) is 17.9 Å². The van der Waals surface area contributed by atoms with Crippen LogP contribution in [0.25, 0.3) is 0 Å². The number of benzene rings is 1. The largest absolute Gasteiger partial charge is 0.378 e. The van der Waals surface area contributed by atoms with Crippen molar-refractivity contribution in [1.82, 2.24) is 5.32 Å². The lowest BCUT2D eigenvalue weighted by Crippen LogP contribution is -2.44. The minimum Gasteiger partial charge on any atom is -0.378 e. The fourth-order valence-electron chi connectivity index (χ4n) is 2.49. The zero-order valence-corrected chi connectivity index (χ0v) is 16.0. The molecule has 0 saturated heterocycles. The number of nitrogens with zero attached hydrogens (tertiary/aromatic N) is 1. The van der Waals surface area contributed by atoms with Gasteiger partial charge in [0.15, 0.2) is 0 Å². The van der Waals surface area contributed by atoms with Crippen molar-refractivity contribution in [3.8, 4) is 0 Å². The molecular weight excluding hydrogens is 402 g/mol. The molecule has 0 aliphatic rings. The third-order valence-corrected chi connectivity index (χ3v) is 5.68. The molecule has 2 amide bonds. The van der Waals surface area contributed by atoms with E-state index >= 15 is 0 Å². The maximum absolute atomic E-state index is 12.2. The molecule has 3 rings (SSSR count). The van der Waals surface area contributed by atoms with Crippen molar-refractivity contribution in [3.63, 3.8) is 0 Å². The van der Waals surface area contributed by atoms with Crippen LogP contribution in [-0.2, 0) is 15.2 Å². The Labute approximate surface area is 167 Å². The quantitative estimate of drug-likeness (QED) is 0.323. The Bertz CT molecular complexity index is 935. The van der Waals surface area contributed by atoms with Gasteiger partial charge in [0.25, 0.3) is 5.69 Å². The van der Waals surface area contributed by atoms with Gasteiger partial charge in [-0.15, -0.1) is 11.3 Å². The van der Waals surface area contributed by atoms with Crippen LogP contribution in [0, 0.1) is 10.1 Å². The van der Waals surface area contributed by atoms with E-state index in [2.05, 4.69) is 10.6 Å². The average Bonchev–Trinajstić information content (AvgIpc) is 3.40. The number of aliphatic hydroxyl groups is 1. The van der Waals surface area contributed by atoms with E-state index in [9.17, 15) is 24.8 Å². The van der Waals surface area contributed by atoms with Crippen molar-refractivity contribution in [3.05, 3.63) is 79.2 Å². The summed E-state index contributed by atoms with van der Waals surface area (Å²) in [5.74, 6) is -1.86. The number of amides is 2. The molecule has 10 heteroatoms. The molecule has 1 atom stereocenters. The number of hydrogen-bond acceptors (Lipinski definition) is 7. The SMILES string of the molecule is O=C(NCC(O)(c1ccsc1)c1cccs1)C(=O)Nc1ccc([N+](=O)[O-])cc1. The molecule has 0 aliphatic carbocycles. The predicted octanol–water partition coefficient (Wildman–Crippen LogP) is 2.71. The molecule has 8 nitrogen and oxygen atoms in total. The van der Waals surface area contributed by atoms with Crippen LogP contribution in [0.1, 0.15) is 10.4 Å². The first kappa shape index (κ1) is 19.7. The maximum Gasteiger partial charge on any atom is 0.313 e. The highest BCUT2D eigenvalue weighted by Crippen LogP contribution is 2.33. The molecule has 0 fully saturated rings. The monoisotopic (exact) mass is 417 g/mol. The van der Waals surface area contributed by atoms with Gasteiger partial charge in [0.1, 0.15) is 5.60 Å². The summed E-state index contributed by atoms with van der Waals surface area (Å²) in [4.78, 5) is 35.0. The summed E-state index contributed by atoms with van der Waals surface area (Å²) in [7, 11) is 0. The zero-order valence-electron chi connectivity index (χ0n) is 14.3. The molecule has 0 saturated carbocycles. The van der Waals surface area contributed by atoms with Crippen molar-refractivity contribution in [1.29, 1.82) is 0 Å². The Hall–Kier alpha value is -3.08. The third-order valence-electron chi connectivity index (χ3n) is 3.97. The highest BCUT2D eigenvalue weighted by molar-refractivity contribution is 7.10. The second kappa shape index (κ2) is 8.30. The number of anilines is 1. The average molecular weight is 417 g/mol. The van der Waals surface area contributed by atoms with Crippen LogP contribution < -0.4 is 10.6 Å². The summed E-state index contributed by atoms with van der Waals surface area (Å²) >= 11 is 2.76. The molecule has 3 N–H and O–H groups in total. The molecule has 2 heterocycles. The van der Waals surface area contributed by atoms with E-state index in [1.807, 2.05) is 10.8 Å². The standard InChI is InChI=1S/C18H15N3O5S2/c22-16(17(23)20-13-3-5-14(6-4-13)21(25)26)19-11-18(24,12-7-9-27-10-12)15-2-1-8-28-15/h1-10,24H,11H2,(H,19,22)(H,20,23). The predicted molar refractivity (Wildman–Crippen MR) is 106 cm³/mol. The van der Waals surface area contributed by atoms with Crippen LogP contribution in [0.15, 0.2) is 58.6 Å². The fraction of sp³-hybridized carbons (Fsp3) is 0.111. The van der Waals surface area contributed by atoms with Gasteiger partial charge in [-0.1, -0.05) is 6.07 Å². The van der Waals surface area contributed by atoms with Gasteiger partial charge in [0.05, 0.1) is 11.5 Å². The Balaban J connectivity index is 1.66. The van der Waals surface area contributed by atoms with Gasteiger partial charge in [-0.25, -0.2) is 0 Å². The second-order valence-corrected chi connectivity index (χ2v) is 7.52. The molecular formula is C18H15N3O5S2.